The Hall–Kier alpha value is -2.15. The maximum absolute atomic E-state index is 11.8. The number of methoxy groups -OCH3 is 1. The smallest absolute Gasteiger partial charge is 0.344 e. The van der Waals surface area contributed by atoms with Gasteiger partial charge in [-0.25, -0.2) is 4.79 Å². The topological polar surface area (TPSA) is 90.7 Å². The standard InChI is InChI=1S/C17H22N2O5/c1-23-16(20)14-10-12(4-5-15(14)19(21)22)18-13-6-9-24-17(11-13)7-2-3-8-17/h4-5,10,13,18H,2-3,6-9,11H2,1H3. The van der Waals surface area contributed by atoms with Crippen molar-refractivity contribution in [3.63, 3.8) is 0 Å². The minimum absolute atomic E-state index is 0.0120. The molecule has 3 rings (SSSR count). The van der Waals surface area contributed by atoms with Gasteiger partial charge in [0.1, 0.15) is 5.56 Å². The molecule has 0 amide bonds. The lowest BCUT2D eigenvalue weighted by Gasteiger charge is -2.39. The minimum atomic E-state index is -0.704. The van der Waals surface area contributed by atoms with Gasteiger partial charge in [-0.1, -0.05) is 12.8 Å². The third-order valence-corrected chi connectivity index (χ3v) is 4.98. The van der Waals surface area contributed by atoms with Gasteiger partial charge < -0.3 is 14.8 Å². The summed E-state index contributed by atoms with van der Waals surface area (Å²) in [7, 11) is 1.22. The van der Waals surface area contributed by atoms with Gasteiger partial charge in [-0.2, -0.15) is 0 Å². The number of anilines is 1. The molecule has 0 aromatic heterocycles. The van der Waals surface area contributed by atoms with Crippen LogP contribution in [0.15, 0.2) is 18.2 Å². The van der Waals surface area contributed by atoms with Gasteiger partial charge in [0.15, 0.2) is 0 Å². The van der Waals surface area contributed by atoms with Crippen LogP contribution in [0.3, 0.4) is 0 Å². The van der Waals surface area contributed by atoms with E-state index in [0.717, 1.165) is 25.7 Å². The van der Waals surface area contributed by atoms with E-state index in [-0.39, 0.29) is 22.9 Å². The predicted molar refractivity (Wildman–Crippen MR) is 88.2 cm³/mol. The molecule has 1 N–H and O–H groups in total. The quantitative estimate of drug-likeness (QED) is 0.516. The summed E-state index contributed by atoms with van der Waals surface area (Å²) >= 11 is 0. The van der Waals surface area contributed by atoms with Crippen molar-refractivity contribution in [2.24, 2.45) is 0 Å². The van der Waals surface area contributed by atoms with Gasteiger partial charge >= 0.3 is 5.97 Å². The number of rotatable bonds is 4. The number of nitro groups is 1. The van der Waals surface area contributed by atoms with E-state index in [4.69, 9.17) is 4.74 Å². The average molecular weight is 334 g/mol. The Morgan fingerprint density at radius 3 is 2.83 bits per heavy atom. The summed E-state index contributed by atoms with van der Waals surface area (Å²) in [5, 5.41) is 14.5. The predicted octanol–water partition coefficient (Wildman–Crippen LogP) is 3.29. The molecule has 2 aliphatic rings. The van der Waals surface area contributed by atoms with Crippen molar-refractivity contribution in [1.82, 2.24) is 0 Å². The van der Waals surface area contributed by atoms with Crippen molar-refractivity contribution in [3.8, 4) is 0 Å². The number of ether oxygens (including phenoxy) is 2. The Morgan fingerprint density at radius 2 is 2.17 bits per heavy atom. The fourth-order valence-electron chi connectivity index (χ4n) is 3.81. The van der Waals surface area contributed by atoms with E-state index < -0.39 is 10.9 Å². The molecule has 1 atom stereocenters. The fourth-order valence-corrected chi connectivity index (χ4v) is 3.81. The van der Waals surface area contributed by atoms with Crippen molar-refractivity contribution >= 4 is 17.3 Å². The highest BCUT2D eigenvalue weighted by Crippen LogP contribution is 2.40. The van der Waals surface area contributed by atoms with Gasteiger partial charge in [0.2, 0.25) is 0 Å². The summed E-state index contributed by atoms with van der Waals surface area (Å²) in [5.41, 5.74) is 0.407. The highest BCUT2D eigenvalue weighted by molar-refractivity contribution is 5.95. The maximum Gasteiger partial charge on any atom is 0.344 e. The summed E-state index contributed by atoms with van der Waals surface area (Å²) in [5.74, 6) is -0.704. The number of nitrogens with one attached hydrogen (secondary N) is 1. The Morgan fingerprint density at radius 1 is 1.42 bits per heavy atom. The van der Waals surface area contributed by atoms with Gasteiger partial charge in [0.05, 0.1) is 17.6 Å². The lowest BCUT2D eigenvalue weighted by Crippen LogP contribution is -2.42. The van der Waals surface area contributed by atoms with Gasteiger partial charge in [-0.05, 0) is 37.8 Å². The molecule has 1 aromatic carbocycles. The molecule has 1 heterocycles. The normalized spacial score (nSPS) is 22.3. The SMILES string of the molecule is COC(=O)c1cc(NC2CCOC3(CCCC3)C2)ccc1[N+](=O)[O-]. The molecule has 1 saturated carbocycles. The lowest BCUT2D eigenvalue weighted by molar-refractivity contribution is -0.385. The van der Waals surface area contributed by atoms with Crippen LogP contribution < -0.4 is 5.32 Å². The number of carbonyl (C=O) groups is 1. The van der Waals surface area contributed by atoms with Crippen molar-refractivity contribution in [3.05, 3.63) is 33.9 Å². The van der Waals surface area contributed by atoms with Crippen LogP contribution in [0.1, 0.15) is 48.9 Å². The van der Waals surface area contributed by atoms with Crippen LogP contribution >= 0.6 is 0 Å². The molecule has 1 aliphatic carbocycles. The van der Waals surface area contributed by atoms with E-state index in [1.54, 1.807) is 6.07 Å². The van der Waals surface area contributed by atoms with Crippen LogP contribution in [-0.2, 0) is 9.47 Å². The molecule has 0 bridgehead atoms. The highest BCUT2D eigenvalue weighted by atomic mass is 16.6. The van der Waals surface area contributed by atoms with Crippen molar-refractivity contribution in [2.75, 3.05) is 19.0 Å². The van der Waals surface area contributed by atoms with E-state index in [2.05, 4.69) is 10.1 Å². The second-order valence-electron chi connectivity index (χ2n) is 6.55. The third kappa shape index (κ3) is 3.36. The monoisotopic (exact) mass is 334 g/mol. The molecule has 1 spiro atoms. The molecule has 7 heteroatoms. The Balaban J connectivity index is 1.77. The van der Waals surface area contributed by atoms with Crippen LogP contribution in [0, 0.1) is 10.1 Å². The van der Waals surface area contributed by atoms with E-state index in [1.807, 2.05) is 0 Å². The average Bonchev–Trinajstić information content (AvgIpc) is 3.01. The molecule has 24 heavy (non-hydrogen) atoms. The van der Waals surface area contributed by atoms with E-state index in [1.165, 1.54) is 32.1 Å². The Kier molecular flexibility index (Phi) is 4.71. The summed E-state index contributed by atoms with van der Waals surface area (Å²) in [4.78, 5) is 22.3. The van der Waals surface area contributed by atoms with Gasteiger partial charge in [0, 0.05) is 24.4 Å². The molecule has 0 radical (unpaired) electrons. The van der Waals surface area contributed by atoms with E-state index >= 15 is 0 Å². The van der Waals surface area contributed by atoms with Crippen molar-refractivity contribution < 1.29 is 19.2 Å². The van der Waals surface area contributed by atoms with Crippen LogP contribution in [0.2, 0.25) is 0 Å². The molecule has 1 aliphatic heterocycles. The second-order valence-corrected chi connectivity index (χ2v) is 6.55. The van der Waals surface area contributed by atoms with Gasteiger partial charge in [-0.15, -0.1) is 0 Å². The number of benzene rings is 1. The highest BCUT2D eigenvalue weighted by Gasteiger charge is 2.39. The first-order valence-corrected chi connectivity index (χ1v) is 8.30. The third-order valence-electron chi connectivity index (χ3n) is 4.98. The summed E-state index contributed by atoms with van der Waals surface area (Å²) in [6.45, 7) is 0.717. The first-order valence-electron chi connectivity index (χ1n) is 8.30. The number of nitrogens with zero attached hydrogens (tertiary/aromatic N) is 1. The number of hydrogen-bond acceptors (Lipinski definition) is 6. The zero-order valence-corrected chi connectivity index (χ0v) is 13.7. The minimum Gasteiger partial charge on any atom is -0.465 e. The van der Waals surface area contributed by atoms with Crippen LogP contribution in [-0.4, -0.2) is 36.3 Å². The largest absolute Gasteiger partial charge is 0.465 e. The van der Waals surface area contributed by atoms with E-state index in [9.17, 15) is 14.9 Å². The molecule has 130 valence electrons. The Labute approximate surface area is 140 Å². The number of nitro benzene ring substituents is 1. The molecule has 1 aromatic rings. The second kappa shape index (κ2) is 6.76. The van der Waals surface area contributed by atoms with Gasteiger partial charge in [-0.3, -0.25) is 10.1 Å². The first-order chi connectivity index (χ1) is 11.5. The zero-order valence-electron chi connectivity index (χ0n) is 13.7. The number of esters is 1. The number of hydrogen-bond donors (Lipinski definition) is 1. The molecule has 1 unspecified atom stereocenters. The zero-order chi connectivity index (χ0) is 17.2. The van der Waals surface area contributed by atoms with Crippen LogP contribution in [0.5, 0.6) is 0 Å². The molecule has 1 saturated heterocycles. The summed E-state index contributed by atoms with van der Waals surface area (Å²) < 4.78 is 10.7. The molecular formula is C17H22N2O5. The van der Waals surface area contributed by atoms with E-state index in [0.29, 0.717) is 12.3 Å². The summed E-state index contributed by atoms with van der Waals surface area (Å²) in [6, 6.07) is 4.73. The Bertz CT molecular complexity index is 640. The fraction of sp³-hybridized carbons (Fsp3) is 0.588. The van der Waals surface area contributed by atoms with Crippen LogP contribution in [0.25, 0.3) is 0 Å². The first kappa shape index (κ1) is 16.7. The van der Waals surface area contributed by atoms with Crippen molar-refractivity contribution in [1.29, 1.82) is 0 Å². The number of carbonyl (C=O) groups excluding carboxylic acids is 1. The molecule has 7 nitrogen and oxygen atoms in total. The van der Waals surface area contributed by atoms with Gasteiger partial charge in [0.25, 0.3) is 5.69 Å². The van der Waals surface area contributed by atoms with Crippen LogP contribution in [0.4, 0.5) is 11.4 Å². The molecular weight excluding hydrogens is 312 g/mol. The maximum atomic E-state index is 11.8. The van der Waals surface area contributed by atoms with Crippen molar-refractivity contribution in [2.45, 2.75) is 50.2 Å². The lowest BCUT2D eigenvalue weighted by atomic mass is 9.89. The summed E-state index contributed by atoms with van der Waals surface area (Å²) in [6.07, 6.45) is 6.41. The molecule has 2 fully saturated rings.